The van der Waals surface area contributed by atoms with E-state index in [1.54, 1.807) is 0 Å². The van der Waals surface area contributed by atoms with Crippen LogP contribution in [0.3, 0.4) is 0 Å². The van der Waals surface area contributed by atoms with E-state index in [0.717, 1.165) is 6.07 Å². The summed E-state index contributed by atoms with van der Waals surface area (Å²) in [6.45, 7) is 0. The highest BCUT2D eigenvalue weighted by molar-refractivity contribution is 6.50. The molecular weight excluding hydrogens is 418 g/mol. The van der Waals surface area contributed by atoms with Gasteiger partial charge in [0.2, 0.25) is 0 Å². The molecule has 24 heavy (non-hydrogen) atoms. The minimum atomic E-state index is -4.97. The molecule has 10 heteroatoms. The molecule has 2 aromatic rings. The Morgan fingerprint density at radius 2 is 1.58 bits per heavy atom. The number of carbonyl (C=O) groups is 1. The summed E-state index contributed by atoms with van der Waals surface area (Å²) in [7, 11) is 0. The zero-order valence-corrected chi connectivity index (χ0v) is 14.2. The number of benzene rings is 2. The average Bonchev–Trinajstić information content (AvgIpc) is 2.48. The van der Waals surface area contributed by atoms with Crippen LogP contribution in [0.2, 0.25) is 20.1 Å². The molecule has 0 fully saturated rings. The van der Waals surface area contributed by atoms with E-state index in [-0.39, 0.29) is 26.2 Å². The van der Waals surface area contributed by atoms with Crippen LogP contribution >= 0.6 is 46.4 Å². The molecule has 2 aromatic carbocycles. The van der Waals surface area contributed by atoms with Crippen LogP contribution in [-0.4, -0.2) is 5.97 Å². The van der Waals surface area contributed by atoms with Crippen LogP contribution in [0.15, 0.2) is 24.3 Å². The molecule has 2 rings (SSSR count). The number of halogens is 8. The first-order valence-electron chi connectivity index (χ1n) is 5.94. The molecule has 0 atom stereocenters. The van der Waals surface area contributed by atoms with Gasteiger partial charge in [0, 0.05) is 0 Å². The first-order chi connectivity index (χ1) is 11.0. The third-order valence-corrected chi connectivity index (χ3v) is 4.30. The molecular formula is C14H4Cl4F4O2. The maximum Gasteiger partial charge on any atom is 0.417 e. The summed E-state index contributed by atoms with van der Waals surface area (Å²) in [5.41, 5.74) is -2.41. The molecule has 0 saturated carbocycles. The predicted molar refractivity (Wildman–Crippen MR) is 82.8 cm³/mol. The summed E-state index contributed by atoms with van der Waals surface area (Å²) in [5.74, 6) is -3.07. The number of hydrogen-bond acceptors (Lipinski definition) is 2. The van der Waals surface area contributed by atoms with Gasteiger partial charge in [0.05, 0.1) is 26.2 Å². The standard InChI is InChI=1S/C14H4Cl4F4O2/c15-8-4-9(16)12(11(18)10(8)17)24-13(23)6-2-1-5(19)3-7(6)14(20,21)22/h1-4H. The van der Waals surface area contributed by atoms with Gasteiger partial charge in [-0.05, 0) is 24.3 Å². The van der Waals surface area contributed by atoms with Crippen LogP contribution in [0, 0.1) is 5.82 Å². The van der Waals surface area contributed by atoms with Crippen LogP contribution in [0.4, 0.5) is 17.6 Å². The molecule has 0 aromatic heterocycles. The second-order valence-corrected chi connectivity index (χ2v) is 5.94. The van der Waals surface area contributed by atoms with Gasteiger partial charge in [0.1, 0.15) is 10.8 Å². The predicted octanol–water partition coefficient (Wildman–Crippen LogP) is 6.68. The van der Waals surface area contributed by atoms with Crippen LogP contribution < -0.4 is 4.74 Å². The largest absolute Gasteiger partial charge is 0.420 e. The van der Waals surface area contributed by atoms with E-state index in [4.69, 9.17) is 51.1 Å². The fraction of sp³-hybridized carbons (Fsp3) is 0.0714. The fourth-order valence-electron chi connectivity index (χ4n) is 1.72. The highest BCUT2D eigenvalue weighted by Crippen LogP contribution is 2.43. The smallest absolute Gasteiger partial charge is 0.417 e. The maximum absolute atomic E-state index is 13.1. The summed E-state index contributed by atoms with van der Waals surface area (Å²) in [4.78, 5) is 12.1. The van der Waals surface area contributed by atoms with Crippen LogP contribution in [0.25, 0.3) is 0 Å². The summed E-state index contributed by atoms with van der Waals surface area (Å²) < 4.78 is 56.7. The normalized spacial score (nSPS) is 11.5. The molecule has 0 saturated heterocycles. The van der Waals surface area contributed by atoms with E-state index >= 15 is 0 Å². The highest BCUT2D eigenvalue weighted by atomic mass is 35.5. The monoisotopic (exact) mass is 420 g/mol. The van der Waals surface area contributed by atoms with Crippen molar-refractivity contribution in [3.8, 4) is 5.75 Å². The van der Waals surface area contributed by atoms with Crippen LogP contribution in [0.1, 0.15) is 15.9 Å². The van der Waals surface area contributed by atoms with E-state index in [1.165, 1.54) is 0 Å². The Bertz CT molecular complexity index is 821. The zero-order valence-electron chi connectivity index (χ0n) is 11.1. The van der Waals surface area contributed by atoms with Gasteiger partial charge < -0.3 is 4.74 Å². The topological polar surface area (TPSA) is 26.3 Å². The number of esters is 1. The third-order valence-electron chi connectivity index (χ3n) is 2.77. The molecule has 128 valence electrons. The minimum Gasteiger partial charge on any atom is -0.420 e. The van der Waals surface area contributed by atoms with Gasteiger partial charge >= 0.3 is 12.1 Å². The molecule has 0 aliphatic heterocycles. The molecule has 0 heterocycles. The summed E-state index contributed by atoms with van der Waals surface area (Å²) in [5, 5.41) is -0.818. The molecule has 0 unspecified atom stereocenters. The lowest BCUT2D eigenvalue weighted by Crippen LogP contribution is -2.17. The van der Waals surface area contributed by atoms with Crippen molar-refractivity contribution in [1.29, 1.82) is 0 Å². The van der Waals surface area contributed by atoms with Crippen LogP contribution in [-0.2, 0) is 6.18 Å². The van der Waals surface area contributed by atoms with Gasteiger partial charge in [-0.15, -0.1) is 0 Å². The van der Waals surface area contributed by atoms with E-state index in [9.17, 15) is 22.4 Å². The minimum absolute atomic E-state index is 0.0378. The van der Waals surface area contributed by atoms with Gasteiger partial charge in [0.25, 0.3) is 0 Å². The van der Waals surface area contributed by atoms with Crippen molar-refractivity contribution < 1.29 is 27.1 Å². The summed E-state index contributed by atoms with van der Waals surface area (Å²) in [6.07, 6.45) is -4.97. The van der Waals surface area contributed by atoms with Crippen molar-refractivity contribution in [3.63, 3.8) is 0 Å². The summed E-state index contributed by atoms with van der Waals surface area (Å²) >= 11 is 23.1. The van der Waals surface area contributed by atoms with Crippen LogP contribution in [0.5, 0.6) is 5.75 Å². The highest BCUT2D eigenvalue weighted by Gasteiger charge is 2.36. The third kappa shape index (κ3) is 3.88. The van der Waals surface area contributed by atoms with Gasteiger partial charge in [0.15, 0.2) is 5.75 Å². The van der Waals surface area contributed by atoms with Crippen molar-refractivity contribution in [2.45, 2.75) is 6.18 Å². The Hall–Kier alpha value is -1.21. The van der Waals surface area contributed by atoms with Gasteiger partial charge in [-0.1, -0.05) is 46.4 Å². The van der Waals surface area contributed by atoms with E-state index in [0.29, 0.717) is 12.1 Å². The van der Waals surface area contributed by atoms with Crippen molar-refractivity contribution in [3.05, 3.63) is 61.3 Å². The Kier molecular flexibility index (Phi) is 5.54. The molecule has 0 aliphatic carbocycles. The first-order valence-corrected chi connectivity index (χ1v) is 7.45. The lowest BCUT2D eigenvalue weighted by Gasteiger charge is -2.14. The van der Waals surface area contributed by atoms with Gasteiger partial charge in [-0.2, -0.15) is 13.2 Å². The fourth-order valence-corrected chi connectivity index (χ4v) is 2.70. The lowest BCUT2D eigenvalue weighted by atomic mass is 10.1. The van der Waals surface area contributed by atoms with Crippen molar-refractivity contribution in [2.75, 3.05) is 0 Å². The second kappa shape index (κ2) is 6.96. The Morgan fingerprint density at radius 1 is 0.958 bits per heavy atom. The first kappa shape index (κ1) is 19.1. The van der Waals surface area contributed by atoms with E-state index in [1.807, 2.05) is 0 Å². The van der Waals surface area contributed by atoms with Gasteiger partial charge in [-0.25, -0.2) is 9.18 Å². The lowest BCUT2D eigenvalue weighted by molar-refractivity contribution is -0.138. The number of hydrogen-bond donors (Lipinski definition) is 0. The van der Waals surface area contributed by atoms with Crippen molar-refractivity contribution in [1.82, 2.24) is 0 Å². The second-order valence-electron chi connectivity index (χ2n) is 4.37. The maximum atomic E-state index is 13.1. The molecule has 0 amide bonds. The quantitative estimate of drug-likeness (QED) is 0.178. The van der Waals surface area contributed by atoms with E-state index < -0.39 is 34.8 Å². The average molecular weight is 422 g/mol. The molecule has 0 radical (unpaired) electrons. The zero-order chi connectivity index (χ0) is 18.2. The number of carbonyl (C=O) groups excluding carboxylic acids is 1. The number of ether oxygens (including phenoxy) is 1. The Morgan fingerprint density at radius 3 is 2.17 bits per heavy atom. The van der Waals surface area contributed by atoms with Crippen molar-refractivity contribution in [2.24, 2.45) is 0 Å². The number of rotatable bonds is 2. The van der Waals surface area contributed by atoms with E-state index in [2.05, 4.69) is 0 Å². The molecule has 0 aliphatic rings. The SMILES string of the molecule is O=C(Oc1c(Cl)cc(Cl)c(Cl)c1Cl)c1ccc(F)cc1C(F)(F)F. The van der Waals surface area contributed by atoms with Gasteiger partial charge in [-0.3, -0.25) is 0 Å². The molecule has 2 nitrogen and oxygen atoms in total. The number of alkyl halides is 3. The Labute approximate surface area is 152 Å². The molecule has 0 N–H and O–H groups in total. The molecule has 0 bridgehead atoms. The summed E-state index contributed by atoms with van der Waals surface area (Å²) in [6, 6.07) is 2.60. The van der Waals surface area contributed by atoms with Crippen molar-refractivity contribution >= 4 is 52.4 Å². The molecule has 0 spiro atoms. The Balaban J connectivity index is 2.48.